The molecule has 0 saturated carbocycles. The molecule has 0 aliphatic rings. The predicted molar refractivity (Wildman–Crippen MR) is 37.1 cm³/mol. The van der Waals surface area contributed by atoms with Crippen molar-refractivity contribution in [3.8, 4) is 0 Å². The fraction of sp³-hybridized carbons (Fsp3) is 0.600. The molecule has 0 fully saturated rings. The van der Waals surface area contributed by atoms with Gasteiger partial charge in [-0.2, -0.15) is 12.6 Å². The monoisotopic (exact) mass is 164 g/mol. The molecule has 0 spiro atoms. The fourth-order valence-electron chi connectivity index (χ4n) is 0.306. The van der Waals surface area contributed by atoms with Crippen LogP contribution in [0.15, 0.2) is 0 Å². The molecule has 0 aliphatic carbocycles. The van der Waals surface area contributed by atoms with Crippen molar-refractivity contribution in [2.24, 2.45) is 0 Å². The molecule has 0 saturated heterocycles. The molecule has 0 aromatic heterocycles. The Morgan fingerprint density at radius 1 is 1.50 bits per heavy atom. The van der Waals surface area contributed by atoms with Crippen LogP contribution in [0.3, 0.4) is 0 Å². The molecular weight excluding hydrogens is 156 g/mol. The summed E-state index contributed by atoms with van der Waals surface area (Å²) in [6.07, 6.45) is 0.149. The molecule has 10 heavy (non-hydrogen) atoms. The van der Waals surface area contributed by atoms with Crippen LogP contribution in [0.1, 0.15) is 6.42 Å². The van der Waals surface area contributed by atoms with E-state index in [4.69, 9.17) is 5.11 Å². The Hall–Kier alpha value is -0.710. The van der Waals surface area contributed by atoms with E-state index in [1.807, 2.05) is 0 Å². The molecule has 0 aromatic carbocycles. The van der Waals surface area contributed by atoms with Crippen molar-refractivity contribution in [2.75, 3.05) is 12.4 Å². The summed E-state index contributed by atoms with van der Waals surface area (Å²) >= 11 is 3.76. The lowest BCUT2D eigenvalue weighted by Crippen LogP contribution is -2.12. The average Bonchev–Trinajstić information content (AvgIpc) is 1.85. The molecule has 58 valence electrons. The van der Waals surface area contributed by atoms with E-state index in [1.165, 1.54) is 0 Å². The molecule has 0 amide bonds. The molecule has 0 rings (SSSR count). The van der Waals surface area contributed by atoms with E-state index in [2.05, 4.69) is 17.4 Å². The summed E-state index contributed by atoms with van der Waals surface area (Å²) in [6, 6.07) is 0. The lowest BCUT2D eigenvalue weighted by Gasteiger charge is -1.97. The van der Waals surface area contributed by atoms with Crippen molar-refractivity contribution >= 4 is 24.6 Å². The number of carbonyl (C=O) groups is 2. The second-order valence-electron chi connectivity index (χ2n) is 1.53. The van der Waals surface area contributed by atoms with E-state index in [-0.39, 0.29) is 6.42 Å². The van der Waals surface area contributed by atoms with Gasteiger partial charge in [-0.25, -0.2) is 4.79 Å². The summed E-state index contributed by atoms with van der Waals surface area (Å²) in [7, 11) is 0. The first kappa shape index (κ1) is 9.29. The van der Waals surface area contributed by atoms with Gasteiger partial charge in [-0.05, 0) is 0 Å². The van der Waals surface area contributed by atoms with E-state index in [0.717, 1.165) is 0 Å². The first-order valence-corrected chi connectivity index (χ1v) is 3.28. The molecule has 0 aliphatic heterocycles. The highest BCUT2D eigenvalue weighted by Gasteiger charge is 2.03. The molecule has 0 radical (unpaired) electrons. The van der Waals surface area contributed by atoms with Crippen LogP contribution in [-0.2, 0) is 14.3 Å². The van der Waals surface area contributed by atoms with Gasteiger partial charge in [0.1, 0.15) is 0 Å². The highest BCUT2D eigenvalue weighted by atomic mass is 32.1. The van der Waals surface area contributed by atoms with E-state index in [1.54, 1.807) is 0 Å². The Labute approximate surface area is 63.6 Å². The van der Waals surface area contributed by atoms with Gasteiger partial charge in [0.2, 0.25) is 0 Å². The van der Waals surface area contributed by atoms with Gasteiger partial charge in [-0.1, -0.05) is 0 Å². The normalized spacial score (nSPS) is 8.90. The molecule has 0 aromatic rings. The van der Waals surface area contributed by atoms with Crippen LogP contribution >= 0.6 is 12.6 Å². The maximum atomic E-state index is 10.4. The Kier molecular flexibility index (Phi) is 4.74. The van der Waals surface area contributed by atoms with Gasteiger partial charge < -0.3 is 9.84 Å². The van der Waals surface area contributed by atoms with Crippen LogP contribution in [0.4, 0.5) is 0 Å². The highest BCUT2D eigenvalue weighted by molar-refractivity contribution is 7.80. The molecule has 0 heterocycles. The van der Waals surface area contributed by atoms with Crippen LogP contribution in [0.2, 0.25) is 0 Å². The number of thiol groups is 1. The topological polar surface area (TPSA) is 63.6 Å². The summed E-state index contributed by atoms with van der Waals surface area (Å²) in [4.78, 5) is 20.2. The number of hydrogen-bond donors (Lipinski definition) is 2. The molecule has 5 heteroatoms. The quantitative estimate of drug-likeness (QED) is 0.451. The zero-order valence-electron chi connectivity index (χ0n) is 5.24. The highest BCUT2D eigenvalue weighted by Crippen LogP contribution is 1.87. The largest absolute Gasteiger partial charge is 0.479 e. The Bertz CT molecular complexity index is 134. The maximum absolute atomic E-state index is 10.4. The molecule has 1 N–H and O–H groups in total. The summed E-state index contributed by atoms with van der Waals surface area (Å²) < 4.78 is 4.26. The Morgan fingerprint density at radius 3 is 2.50 bits per heavy atom. The van der Waals surface area contributed by atoms with E-state index in [0.29, 0.717) is 5.75 Å². The minimum Gasteiger partial charge on any atom is -0.479 e. The van der Waals surface area contributed by atoms with Crippen LogP contribution in [0.5, 0.6) is 0 Å². The molecule has 0 atom stereocenters. The second-order valence-corrected chi connectivity index (χ2v) is 1.98. The van der Waals surface area contributed by atoms with Gasteiger partial charge in [-0.15, -0.1) is 0 Å². The minimum atomic E-state index is -1.15. The van der Waals surface area contributed by atoms with Crippen molar-refractivity contribution < 1.29 is 19.4 Å². The number of carbonyl (C=O) groups excluding carboxylic acids is 1. The Morgan fingerprint density at radius 2 is 2.10 bits per heavy atom. The van der Waals surface area contributed by atoms with Crippen LogP contribution in [-0.4, -0.2) is 29.4 Å². The number of esters is 1. The molecule has 0 unspecified atom stereocenters. The number of rotatable bonds is 4. The standard InChI is InChI=1S/C5H8O4S/c6-4(7)3-9-5(8)1-2-10/h10H,1-3H2,(H,6,7). The number of aliphatic carboxylic acids is 1. The number of carboxylic acid groups (broad SMARTS) is 1. The lowest BCUT2D eigenvalue weighted by atomic mass is 10.5. The van der Waals surface area contributed by atoms with Gasteiger partial charge in [-0.3, -0.25) is 4.79 Å². The first-order chi connectivity index (χ1) is 4.66. The number of hydrogen-bond acceptors (Lipinski definition) is 4. The van der Waals surface area contributed by atoms with Gasteiger partial charge in [0.05, 0.1) is 6.42 Å². The molecule has 4 nitrogen and oxygen atoms in total. The van der Waals surface area contributed by atoms with Gasteiger partial charge in [0.15, 0.2) is 6.61 Å². The third-order valence-electron chi connectivity index (χ3n) is 0.673. The van der Waals surface area contributed by atoms with Crippen molar-refractivity contribution in [1.82, 2.24) is 0 Å². The number of carboxylic acids is 1. The molecular formula is C5H8O4S. The van der Waals surface area contributed by atoms with Gasteiger partial charge >= 0.3 is 11.9 Å². The second kappa shape index (κ2) is 5.10. The summed E-state index contributed by atoms with van der Waals surface area (Å²) in [5, 5.41) is 8.03. The van der Waals surface area contributed by atoms with Crippen molar-refractivity contribution in [3.63, 3.8) is 0 Å². The van der Waals surface area contributed by atoms with Crippen molar-refractivity contribution in [1.29, 1.82) is 0 Å². The smallest absolute Gasteiger partial charge is 0.341 e. The van der Waals surface area contributed by atoms with Gasteiger partial charge in [0.25, 0.3) is 0 Å². The fourth-order valence-corrected chi connectivity index (χ4v) is 0.488. The summed E-state index contributed by atoms with van der Waals surface area (Å²) in [5.41, 5.74) is 0. The van der Waals surface area contributed by atoms with Crippen LogP contribution in [0, 0.1) is 0 Å². The zero-order chi connectivity index (χ0) is 7.98. The van der Waals surface area contributed by atoms with E-state index >= 15 is 0 Å². The average molecular weight is 164 g/mol. The number of ether oxygens (including phenoxy) is 1. The third-order valence-corrected chi connectivity index (χ3v) is 0.896. The first-order valence-electron chi connectivity index (χ1n) is 2.65. The van der Waals surface area contributed by atoms with E-state index in [9.17, 15) is 9.59 Å². The third kappa shape index (κ3) is 5.43. The predicted octanol–water partition coefficient (Wildman–Crippen LogP) is -0.0659. The van der Waals surface area contributed by atoms with Crippen LogP contribution < -0.4 is 0 Å². The van der Waals surface area contributed by atoms with Crippen LogP contribution in [0.25, 0.3) is 0 Å². The molecule has 0 bridgehead atoms. The SMILES string of the molecule is O=C(O)COC(=O)CCS. The minimum absolute atomic E-state index is 0.149. The van der Waals surface area contributed by atoms with Crippen molar-refractivity contribution in [3.05, 3.63) is 0 Å². The zero-order valence-corrected chi connectivity index (χ0v) is 6.13. The lowest BCUT2D eigenvalue weighted by molar-refractivity contribution is -0.154. The van der Waals surface area contributed by atoms with Crippen molar-refractivity contribution in [2.45, 2.75) is 6.42 Å². The Balaban J connectivity index is 3.30. The summed E-state index contributed by atoms with van der Waals surface area (Å²) in [5.74, 6) is -1.30. The van der Waals surface area contributed by atoms with E-state index < -0.39 is 18.5 Å². The summed E-state index contributed by atoms with van der Waals surface area (Å²) in [6.45, 7) is -0.563. The maximum Gasteiger partial charge on any atom is 0.341 e. The van der Waals surface area contributed by atoms with Gasteiger partial charge in [0, 0.05) is 5.75 Å².